The van der Waals surface area contributed by atoms with Gasteiger partial charge in [-0.2, -0.15) is 0 Å². The predicted molar refractivity (Wildman–Crippen MR) is 101 cm³/mol. The average molecular weight is 393 g/mol. The van der Waals surface area contributed by atoms with Crippen LogP contribution in [0, 0.1) is 0 Å². The molecule has 0 atom stereocenters. The number of hydrogen-bond donors (Lipinski definition) is 0. The van der Waals surface area contributed by atoms with Gasteiger partial charge in [-0.25, -0.2) is 0 Å². The van der Waals surface area contributed by atoms with Crippen molar-refractivity contribution in [2.75, 3.05) is 28.4 Å². The molecule has 0 N–H and O–H groups in total. The number of rotatable bonds is 11. The Morgan fingerprint density at radius 3 is 1.42 bits per heavy atom. The second kappa shape index (κ2) is 9.55. The van der Waals surface area contributed by atoms with Gasteiger partial charge in [0.2, 0.25) is 0 Å². The van der Waals surface area contributed by atoms with Crippen LogP contribution in [0.25, 0.3) is 0 Å². The van der Waals surface area contributed by atoms with E-state index in [0.29, 0.717) is 5.54 Å². The van der Waals surface area contributed by atoms with E-state index in [4.69, 9.17) is 25.9 Å². The highest BCUT2D eigenvalue weighted by atomic mass is 28.5. The van der Waals surface area contributed by atoms with Crippen LogP contribution in [0.5, 0.6) is 0 Å². The highest BCUT2D eigenvalue weighted by Gasteiger charge is 2.55. The Kier molecular flexibility index (Phi) is 8.73. The summed E-state index contributed by atoms with van der Waals surface area (Å²) < 4.78 is 35.3. The Bertz CT molecular complexity index is 380. The first-order valence-electron chi connectivity index (χ1n) is 8.27. The monoisotopic (exact) mass is 392 g/mol. The van der Waals surface area contributed by atoms with Crippen LogP contribution in [-0.2, 0) is 25.9 Å². The lowest BCUT2D eigenvalue weighted by Gasteiger charge is -2.43. The molecule has 1 fully saturated rings. The first-order valence-corrected chi connectivity index (χ1v) is 14.3. The van der Waals surface area contributed by atoms with E-state index in [1.807, 2.05) is 0 Å². The lowest BCUT2D eigenvalue weighted by Crippen LogP contribution is -2.62. The molecule has 0 aliphatic heterocycles. The Morgan fingerprint density at radius 2 is 1.12 bits per heavy atom. The second-order valence-electron chi connectivity index (χ2n) is 5.99. The Labute approximate surface area is 149 Å². The Balaban J connectivity index is 3.19. The van der Waals surface area contributed by atoms with Gasteiger partial charge >= 0.3 is 26.2 Å². The molecule has 0 aromatic heterocycles. The fourth-order valence-corrected chi connectivity index (χ4v) is 14.0. The molecule has 1 aliphatic rings. The first kappa shape index (κ1) is 21.9. The fourth-order valence-electron chi connectivity index (χ4n) is 3.13. The van der Waals surface area contributed by atoms with Crippen LogP contribution >= 0.6 is 0 Å². The van der Waals surface area contributed by atoms with Crippen molar-refractivity contribution in [3.63, 3.8) is 0 Å². The molecule has 140 valence electrons. The molecule has 9 heteroatoms. The third kappa shape index (κ3) is 4.96. The van der Waals surface area contributed by atoms with Gasteiger partial charge in [-0.15, -0.1) is 0 Å². The summed E-state index contributed by atoms with van der Waals surface area (Å²) in [4.78, 5) is 0. The van der Waals surface area contributed by atoms with Gasteiger partial charge in [0.1, 0.15) is 0 Å². The molecular formula is C15H32O6Si3. The molecule has 0 bridgehead atoms. The summed E-state index contributed by atoms with van der Waals surface area (Å²) in [6.07, 6.45) is 5.72. The average Bonchev–Trinajstić information content (AvgIpc) is 2.65. The van der Waals surface area contributed by atoms with Crippen molar-refractivity contribution in [1.29, 1.82) is 0 Å². The smallest absolute Gasteiger partial charge is 0.390 e. The minimum atomic E-state index is -3.00. The van der Waals surface area contributed by atoms with E-state index >= 15 is 0 Å². The van der Waals surface area contributed by atoms with Crippen molar-refractivity contribution in [2.45, 2.75) is 44.2 Å². The highest BCUT2D eigenvalue weighted by Crippen LogP contribution is 2.41. The van der Waals surface area contributed by atoms with Gasteiger partial charge in [-0.3, -0.25) is 0 Å². The molecule has 6 nitrogen and oxygen atoms in total. The van der Waals surface area contributed by atoms with Gasteiger partial charge < -0.3 is 25.9 Å². The predicted octanol–water partition coefficient (Wildman–Crippen LogP) is 3.34. The number of hydrogen-bond acceptors (Lipinski definition) is 6. The van der Waals surface area contributed by atoms with Crippen LogP contribution in [-0.4, -0.2) is 54.6 Å². The van der Waals surface area contributed by atoms with Crippen molar-refractivity contribution >= 4 is 26.2 Å². The molecule has 0 unspecified atom stereocenters. The Morgan fingerprint density at radius 1 is 0.750 bits per heavy atom. The minimum absolute atomic E-state index is 0.320. The van der Waals surface area contributed by atoms with Crippen LogP contribution in [0.1, 0.15) is 32.1 Å². The molecule has 0 amide bonds. The lowest BCUT2D eigenvalue weighted by molar-refractivity contribution is 0.122. The molecule has 1 saturated carbocycles. The van der Waals surface area contributed by atoms with Crippen molar-refractivity contribution in [1.82, 2.24) is 0 Å². The van der Waals surface area contributed by atoms with E-state index in [1.165, 1.54) is 19.3 Å². The molecule has 1 aliphatic carbocycles. The van der Waals surface area contributed by atoms with Crippen LogP contribution < -0.4 is 0 Å². The minimum Gasteiger partial charge on any atom is -0.390 e. The van der Waals surface area contributed by atoms with Gasteiger partial charge in [-0.05, 0) is 30.8 Å². The first-order chi connectivity index (χ1) is 11.4. The van der Waals surface area contributed by atoms with Gasteiger partial charge in [0.05, 0.1) is 0 Å². The van der Waals surface area contributed by atoms with Crippen molar-refractivity contribution in [3.05, 3.63) is 24.6 Å². The topological polar surface area (TPSA) is 55.4 Å². The van der Waals surface area contributed by atoms with E-state index in [0.717, 1.165) is 12.8 Å². The maximum absolute atomic E-state index is 6.49. The van der Waals surface area contributed by atoms with Crippen molar-refractivity contribution in [2.24, 2.45) is 0 Å². The third-order valence-corrected chi connectivity index (χ3v) is 15.5. The maximum Gasteiger partial charge on any atom is 0.519 e. The molecule has 0 saturated heterocycles. The van der Waals surface area contributed by atoms with Gasteiger partial charge in [0.25, 0.3) is 0 Å². The van der Waals surface area contributed by atoms with Crippen molar-refractivity contribution in [3.8, 4) is 0 Å². The summed E-state index contributed by atoms with van der Waals surface area (Å²) in [5.41, 5.74) is 3.60. The standard InChI is InChI=1S/C15H32O6Si3/c1-8-23(16-3,17-4)20-22(7,15-13-11-10-12-14-15)21-24(9-2,18-5)19-6/h8-9,15H,1-2,10-14H2,3-7H3. The van der Waals surface area contributed by atoms with E-state index < -0.39 is 26.2 Å². The summed E-state index contributed by atoms with van der Waals surface area (Å²) in [6.45, 7) is 9.74. The molecule has 0 aromatic carbocycles. The summed E-state index contributed by atoms with van der Waals surface area (Å²) in [7, 11) is -2.43. The second-order valence-corrected chi connectivity index (χ2v) is 15.3. The molecule has 0 spiro atoms. The van der Waals surface area contributed by atoms with Crippen LogP contribution in [0.15, 0.2) is 24.6 Å². The van der Waals surface area contributed by atoms with E-state index in [1.54, 1.807) is 39.8 Å². The van der Waals surface area contributed by atoms with Crippen molar-refractivity contribution < 1.29 is 25.9 Å². The van der Waals surface area contributed by atoms with Gasteiger partial charge in [0, 0.05) is 34.0 Å². The van der Waals surface area contributed by atoms with Crippen LogP contribution in [0.3, 0.4) is 0 Å². The molecule has 24 heavy (non-hydrogen) atoms. The van der Waals surface area contributed by atoms with Gasteiger partial charge in [-0.1, -0.05) is 32.4 Å². The zero-order chi connectivity index (χ0) is 18.3. The fraction of sp³-hybridized carbons (Fsp3) is 0.733. The van der Waals surface area contributed by atoms with Crippen LogP contribution in [0.4, 0.5) is 0 Å². The zero-order valence-corrected chi connectivity index (χ0v) is 18.6. The largest absolute Gasteiger partial charge is 0.519 e. The summed E-state index contributed by atoms with van der Waals surface area (Å²) in [5.74, 6) is 0. The lowest BCUT2D eigenvalue weighted by atomic mass is 10.0. The normalized spacial score (nSPS) is 17.7. The SMILES string of the molecule is C=C[Si](OC)(OC)O[Si](C)(O[Si](C=C)(OC)OC)C1CCCCC1. The van der Waals surface area contributed by atoms with E-state index in [-0.39, 0.29) is 0 Å². The van der Waals surface area contributed by atoms with Gasteiger partial charge in [0.15, 0.2) is 0 Å². The third-order valence-electron chi connectivity index (χ3n) is 4.67. The van der Waals surface area contributed by atoms with E-state index in [2.05, 4.69) is 19.7 Å². The summed E-state index contributed by atoms with van der Waals surface area (Å²) in [5, 5.41) is 0. The summed E-state index contributed by atoms with van der Waals surface area (Å²) in [6, 6.07) is 0. The van der Waals surface area contributed by atoms with Crippen LogP contribution in [0.2, 0.25) is 12.1 Å². The molecule has 0 aromatic rings. The quantitative estimate of drug-likeness (QED) is 0.503. The highest BCUT2D eigenvalue weighted by molar-refractivity contribution is 6.86. The molecule has 0 heterocycles. The summed E-state index contributed by atoms with van der Waals surface area (Å²) >= 11 is 0. The molecule has 1 rings (SSSR count). The molecule has 0 radical (unpaired) electrons. The molecular weight excluding hydrogens is 360 g/mol. The van der Waals surface area contributed by atoms with E-state index in [9.17, 15) is 0 Å². The zero-order valence-electron chi connectivity index (χ0n) is 15.6. The Hall–Kier alpha value is -0.109. The maximum atomic E-state index is 6.49.